The van der Waals surface area contributed by atoms with Gasteiger partial charge in [0.2, 0.25) is 0 Å². The first-order chi connectivity index (χ1) is 12.4. The number of aromatic nitrogens is 3. The van der Waals surface area contributed by atoms with Crippen molar-refractivity contribution in [3.05, 3.63) is 70.5 Å². The molecular weight excluding hydrogens is 380 g/mol. The Morgan fingerprint density at radius 2 is 1.81 bits per heavy atom. The second-order valence-electron chi connectivity index (χ2n) is 5.64. The van der Waals surface area contributed by atoms with Crippen LogP contribution in [0.4, 0.5) is 8.78 Å². The zero-order valence-electron chi connectivity index (χ0n) is 14.1. The predicted octanol–water partition coefficient (Wildman–Crippen LogP) is 5.18. The Bertz CT molecular complexity index is 902. The molecule has 26 heavy (non-hydrogen) atoms. The van der Waals surface area contributed by atoms with Gasteiger partial charge in [0.25, 0.3) is 0 Å². The third kappa shape index (κ3) is 4.34. The van der Waals surface area contributed by atoms with Gasteiger partial charge in [0.15, 0.2) is 17.1 Å². The summed E-state index contributed by atoms with van der Waals surface area (Å²) in [6, 6.07) is 10.1. The van der Waals surface area contributed by atoms with Gasteiger partial charge in [-0.25, -0.2) is 8.78 Å². The number of halogens is 3. The molecule has 0 fully saturated rings. The summed E-state index contributed by atoms with van der Waals surface area (Å²) in [6.07, 6.45) is -0.360. The van der Waals surface area contributed by atoms with Crippen LogP contribution >= 0.6 is 23.4 Å². The molecule has 3 aromatic rings. The van der Waals surface area contributed by atoms with E-state index < -0.39 is 0 Å². The maximum Gasteiger partial charge on any atom is 0.191 e. The summed E-state index contributed by atoms with van der Waals surface area (Å²) in [5, 5.41) is 9.42. The Labute approximate surface area is 159 Å². The zero-order chi connectivity index (χ0) is 18.7. The molecule has 1 aromatic heterocycles. The number of rotatable bonds is 6. The van der Waals surface area contributed by atoms with Crippen LogP contribution in [0.1, 0.15) is 24.4 Å². The number of benzene rings is 2. The zero-order valence-corrected chi connectivity index (χ0v) is 15.7. The molecule has 1 heterocycles. The molecule has 0 radical (unpaired) electrons. The van der Waals surface area contributed by atoms with Gasteiger partial charge >= 0.3 is 0 Å². The van der Waals surface area contributed by atoms with Crippen LogP contribution in [0.15, 0.2) is 47.6 Å². The van der Waals surface area contributed by atoms with Gasteiger partial charge in [0.1, 0.15) is 17.4 Å². The van der Waals surface area contributed by atoms with Gasteiger partial charge < -0.3 is 9.30 Å². The number of thioether (sulfide) groups is 1. The molecule has 8 heteroatoms. The summed E-state index contributed by atoms with van der Waals surface area (Å²) in [5.74, 6) is 1.05. The lowest BCUT2D eigenvalue weighted by atomic mass is 10.2. The van der Waals surface area contributed by atoms with Crippen LogP contribution in [0.25, 0.3) is 0 Å². The van der Waals surface area contributed by atoms with E-state index in [1.54, 1.807) is 18.2 Å². The van der Waals surface area contributed by atoms with Crippen LogP contribution in [0.2, 0.25) is 5.02 Å². The van der Waals surface area contributed by atoms with Crippen molar-refractivity contribution in [2.24, 2.45) is 7.05 Å². The standard InChI is InChI=1S/C18H16ClF2N3OS/c1-11(25-15-7-5-13(20)6-8-15)17-22-23-18(24(17)2)26-10-12-3-4-14(21)9-16(12)19/h3-9,11H,10H2,1-2H3. The molecule has 0 aliphatic heterocycles. The van der Waals surface area contributed by atoms with E-state index in [-0.39, 0.29) is 17.7 Å². The molecular formula is C18H16ClF2N3OS. The SMILES string of the molecule is CC(Oc1ccc(F)cc1)c1nnc(SCc2ccc(F)cc2Cl)n1C. The summed E-state index contributed by atoms with van der Waals surface area (Å²) < 4.78 is 33.7. The summed E-state index contributed by atoms with van der Waals surface area (Å²) >= 11 is 7.49. The van der Waals surface area contributed by atoms with Crippen molar-refractivity contribution in [2.75, 3.05) is 0 Å². The molecule has 0 amide bonds. The van der Waals surface area contributed by atoms with Crippen LogP contribution in [-0.4, -0.2) is 14.8 Å². The average Bonchev–Trinajstić information content (AvgIpc) is 2.97. The van der Waals surface area contributed by atoms with Crippen molar-refractivity contribution in [3.8, 4) is 5.75 Å². The van der Waals surface area contributed by atoms with Crippen molar-refractivity contribution in [1.29, 1.82) is 0 Å². The van der Waals surface area contributed by atoms with E-state index >= 15 is 0 Å². The molecule has 1 atom stereocenters. The van der Waals surface area contributed by atoms with Crippen LogP contribution in [0.5, 0.6) is 5.75 Å². The van der Waals surface area contributed by atoms with Crippen LogP contribution in [0, 0.1) is 11.6 Å². The monoisotopic (exact) mass is 395 g/mol. The minimum Gasteiger partial charge on any atom is -0.483 e. The number of hydrogen-bond acceptors (Lipinski definition) is 4. The molecule has 3 rings (SSSR count). The fourth-order valence-corrected chi connectivity index (χ4v) is 3.59. The molecule has 0 spiro atoms. The van der Waals surface area contributed by atoms with Crippen LogP contribution < -0.4 is 4.74 Å². The van der Waals surface area contributed by atoms with Gasteiger partial charge in [0, 0.05) is 17.8 Å². The lowest BCUT2D eigenvalue weighted by molar-refractivity contribution is 0.211. The predicted molar refractivity (Wildman–Crippen MR) is 97.4 cm³/mol. The van der Waals surface area contributed by atoms with E-state index in [1.807, 2.05) is 18.5 Å². The lowest BCUT2D eigenvalue weighted by Gasteiger charge is -2.14. The van der Waals surface area contributed by atoms with Gasteiger partial charge in [0.05, 0.1) is 0 Å². The van der Waals surface area contributed by atoms with Crippen molar-refractivity contribution < 1.29 is 13.5 Å². The maximum absolute atomic E-state index is 13.1. The number of ether oxygens (including phenoxy) is 1. The smallest absolute Gasteiger partial charge is 0.191 e. The summed E-state index contributed by atoms with van der Waals surface area (Å²) in [6.45, 7) is 1.85. The van der Waals surface area contributed by atoms with Gasteiger partial charge in [-0.15, -0.1) is 10.2 Å². The lowest BCUT2D eigenvalue weighted by Crippen LogP contribution is -2.10. The summed E-state index contributed by atoms with van der Waals surface area (Å²) in [5.41, 5.74) is 0.818. The number of nitrogens with zero attached hydrogens (tertiary/aromatic N) is 3. The van der Waals surface area contributed by atoms with Crippen molar-refractivity contribution in [1.82, 2.24) is 14.8 Å². The quantitative estimate of drug-likeness (QED) is 0.539. The molecule has 0 saturated heterocycles. The molecule has 0 N–H and O–H groups in total. The van der Waals surface area contributed by atoms with Gasteiger partial charge in [-0.1, -0.05) is 29.4 Å². The van der Waals surface area contributed by atoms with Gasteiger partial charge in [-0.3, -0.25) is 0 Å². The Morgan fingerprint density at radius 3 is 2.50 bits per heavy atom. The Kier molecular flexibility index (Phi) is 5.78. The van der Waals surface area contributed by atoms with E-state index in [4.69, 9.17) is 16.3 Å². The van der Waals surface area contributed by atoms with Crippen LogP contribution in [0.3, 0.4) is 0 Å². The van der Waals surface area contributed by atoms with E-state index in [1.165, 1.54) is 36.0 Å². The third-order valence-corrected chi connectivity index (χ3v) is 5.15. The Balaban J connectivity index is 1.67. The molecule has 0 aliphatic carbocycles. The second kappa shape index (κ2) is 8.05. The van der Waals surface area contributed by atoms with Gasteiger partial charge in [-0.05, 0) is 48.9 Å². The molecule has 2 aromatic carbocycles. The first kappa shape index (κ1) is 18.7. The fraction of sp³-hybridized carbons (Fsp3) is 0.222. The van der Waals surface area contributed by atoms with Crippen LogP contribution in [-0.2, 0) is 12.8 Å². The van der Waals surface area contributed by atoms with Crippen molar-refractivity contribution >= 4 is 23.4 Å². The Morgan fingerprint density at radius 1 is 1.12 bits per heavy atom. The Hall–Kier alpha value is -2.12. The molecule has 4 nitrogen and oxygen atoms in total. The minimum atomic E-state index is -0.364. The third-order valence-electron chi connectivity index (χ3n) is 3.73. The van der Waals surface area contributed by atoms with E-state index in [0.717, 1.165) is 5.56 Å². The topological polar surface area (TPSA) is 39.9 Å². The highest BCUT2D eigenvalue weighted by atomic mass is 35.5. The first-order valence-electron chi connectivity index (χ1n) is 7.82. The summed E-state index contributed by atoms with van der Waals surface area (Å²) in [4.78, 5) is 0. The highest BCUT2D eigenvalue weighted by Crippen LogP contribution is 2.28. The molecule has 136 valence electrons. The maximum atomic E-state index is 13.1. The molecule has 1 unspecified atom stereocenters. The highest BCUT2D eigenvalue weighted by Gasteiger charge is 2.17. The minimum absolute atomic E-state index is 0.318. The first-order valence-corrected chi connectivity index (χ1v) is 9.18. The van der Waals surface area contributed by atoms with Gasteiger partial charge in [-0.2, -0.15) is 0 Å². The number of hydrogen-bond donors (Lipinski definition) is 0. The van der Waals surface area contributed by atoms with E-state index in [9.17, 15) is 8.78 Å². The molecule has 0 saturated carbocycles. The van der Waals surface area contributed by atoms with E-state index in [2.05, 4.69) is 10.2 Å². The fourth-order valence-electron chi connectivity index (χ4n) is 2.36. The largest absolute Gasteiger partial charge is 0.483 e. The normalized spacial score (nSPS) is 12.2. The molecule has 0 aliphatic rings. The van der Waals surface area contributed by atoms with Crippen molar-refractivity contribution in [2.45, 2.75) is 23.9 Å². The molecule has 0 bridgehead atoms. The average molecular weight is 396 g/mol. The highest BCUT2D eigenvalue weighted by molar-refractivity contribution is 7.98. The van der Waals surface area contributed by atoms with E-state index in [0.29, 0.717) is 27.5 Å². The second-order valence-corrected chi connectivity index (χ2v) is 6.99. The van der Waals surface area contributed by atoms with Crippen molar-refractivity contribution in [3.63, 3.8) is 0 Å². The summed E-state index contributed by atoms with van der Waals surface area (Å²) in [7, 11) is 1.84.